The van der Waals surface area contributed by atoms with E-state index in [1.165, 1.54) is 0 Å². The molecule has 0 aliphatic carbocycles. The second-order valence-corrected chi connectivity index (χ2v) is 5.91. The Balaban J connectivity index is 2.60. The van der Waals surface area contributed by atoms with Crippen LogP contribution in [0.1, 0.15) is 20.8 Å². The number of aliphatic hydroxyl groups excluding tert-OH is 1. The summed E-state index contributed by atoms with van der Waals surface area (Å²) in [6.07, 6.45) is 0. The summed E-state index contributed by atoms with van der Waals surface area (Å²) in [6.45, 7) is 10.2. The molecule has 1 aliphatic heterocycles. The predicted molar refractivity (Wildman–Crippen MR) is 75.7 cm³/mol. The minimum absolute atomic E-state index is 0.116. The number of hydrogen-bond donors (Lipinski definition) is 2. The van der Waals surface area contributed by atoms with E-state index < -0.39 is 0 Å². The highest BCUT2D eigenvalue weighted by Gasteiger charge is 2.24. The number of aliphatic hydroxyl groups is 1. The van der Waals surface area contributed by atoms with E-state index in [2.05, 4.69) is 47.7 Å². The second kappa shape index (κ2) is 7.82. The number of aliphatic imine (C=N–C) groups is 1. The van der Waals surface area contributed by atoms with Crippen molar-refractivity contribution in [3.63, 3.8) is 0 Å². The molecule has 0 bridgehead atoms. The molecule has 0 aromatic heterocycles. The van der Waals surface area contributed by atoms with Gasteiger partial charge < -0.3 is 15.3 Å². The minimum Gasteiger partial charge on any atom is -0.394 e. The van der Waals surface area contributed by atoms with E-state index in [4.69, 9.17) is 5.11 Å². The lowest BCUT2D eigenvalue weighted by Crippen LogP contribution is -2.49. The van der Waals surface area contributed by atoms with Crippen molar-refractivity contribution in [3.8, 4) is 0 Å². The van der Waals surface area contributed by atoms with Gasteiger partial charge in [0, 0.05) is 30.6 Å². The third-order valence-corrected chi connectivity index (χ3v) is 4.37. The van der Waals surface area contributed by atoms with Crippen LogP contribution in [0.25, 0.3) is 0 Å². The molecule has 1 unspecified atom stereocenters. The monoisotopic (exact) mass is 259 g/mol. The Morgan fingerprint density at radius 2 is 2.35 bits per heavy atom. The number of rotatable bonds is 4. The van der Waals surface area contributed by atoms with Crippen molar-refractivity contribution < 1.29 is 5.11 Å². The van der Waals surface area contributed by atoms with Crippen LogP contribution in [0.5, 0.6) is 0 Å². The summed E-state index contributed by atoms with van der Waals surface area (Å²) < 4.78 is 0. The lowest BCUT2D eigenvalue weighted by atomic mass is 10.1. The lowest BCUT2D eigenvalue weighted by molar-refractivity contribution is 0.304. The summed E-state index contributed by atoms with van der Waals surface area (Å²) in [5.74, 6) is 2.81. The molecule has 1 rings (SSSR count). The van der Waals surface area contributed by atoms with Gasteiger partial charge in [-0.15, -0.1) is 0 Å². The Morgan fingerprint density at radius 3 is 2.94 bits per heavy atom. The molecule has 1 fully saturated rings. The first-order valence-corrected chi connectivity index (χ1v) is 7.49. The highest BCUT2D eigenvalue weighted by molar-refractivity contribution is 8.00. The van der Waals surface area contributed by atoms with Gasteiger partial charge in [0.25, 0.3) is 0 Å². The maximum Gasteiger partial charge on any atom is 0.194 e. The van der Waals surface area contributed by atoms with E-state index in [9.17, 15) is 0 Å². The fraction of sp³-hybridized carbons (Fsp3) is 0.917. The number of hydrogen-bond acceptors (Lipinski definition) is 3. The van der Waals surface area contributed by atoms with E-state index in [0.717, 1.165) is 31.3 Å². The zero-order valence-corrected chi connectivity index (χ0v) is 12.0. The molecule has 1 heterocycles. The van der Waals surface area contributed by atoms with Gasteiger partial charge in [-0.2, -0.15) is 11.8 Å². The van der Waals surface area contributed by atoms with Crippen molar-refractivity contribution in [1.29, 1.82) is 0 Å². The Hall–Kier alpha value is -0.420. The summed E-state index contributed by atoms with van der Waals surface area (Å²) in [4.78, 5) is 6.74. The molecule has 100 valence electrons. The van der Waals surface area contributed by atoms with Crippen LogP contribution in [0.3, 0.4) is 0 Å². The Bertz CT molecular complexity index is 246. The van der Waals surface area contributed by atoms with E-state index in [-0.39, 0.29) is 6.61 Å². The number of thioether (sulfide) groups is 1. The van der Waals surface area contributed by atoms with Gasteiger partial charge in [-0.1, -0.05) is 13.8 Å². The quantitative estimate of drug-likeness (QED) is 0.584. The van der Waals surface area contributed by atoms with Gasteiger partial charge in [0.2, 0.25) is 0 Å². The van der Waals surface area contributed by atoms with Crippen LogP contribution in [0.15, 0.2) is 4.99 Å². The average Bonchev–Trinajstić information content (AvgIpc) is 2.34. The number of guanidine groups is 1. The molecular formula is C12H25N3OS. The highest BCUT2D eigenvalue weighted by atomic mass is 32.2. The average molecular weight is 259 g/mol. The summed E-state index contributed by atoms with van der Waals surface area (Å²) >= 11 is 2.06. The van der Waals surface area contributed by atoms with Crippen molar-refractivity contribution in [3.05, 3.63) is 0 Å². The standard InChI is InChI=1S/C12H25N3OS/c1-4-13-12(14-5-7-16)15-6-8-17-11(9-15)10(2)3/h10-11,16H,4-9H2,1-3H3,(H,13,14). The summed E-state index contributed by atoms with van der Waals surface area (Å²) in [5.41, 5.74) is 0. The molecule has 17 heavy (non-hydrogen) atoms. The van der Waals surface area contributed by atoms with Crippen molar-refractivity contribution in [2.45, 2.75) is 26.0 Å². The molecule has 0 saturated carbocycles. The van der Waals surface area contributed by atoms with Gasteiger partial charge in [-0.3, -0.25) is 4.99 Å². The maximum absolute atomic E-state index is 8.86. The summed E-state index contributed by atoms with van der Waals surface area (Å²) in [7, 11) is 0. The van der Waals surface area contributed by atoms with Crippen molar-refractivity contribution in [2.75, 3.05) is 38.5 Å². The zero-order chi connectivity index (χ0) is 12.7. The van der Waals surface area contributed by atoms with E-state index in [0.29, 0.717) is 17.7 Å². The molecule has 0 radical (unpaired) electrons. The van der Waals surface area contributed by atoms with E-state index in [1.807, 2.05) is 0 Å². The Kier molecular flexibility index (Phi) is 6.73. The molecule has 0 amide bonds. The molecule has 5 heteroatoms. The molecule has 0 aromatic carbocycles. The van der Waals surface area contributed by atoms with Crippen LogP contribution in [0.2, 0.25) is 0 Å². The maximum atomic E-state index is 8.86. The predicted octanol–water partition coefficient (Wildman–Crippen LogP) is 1.02. The van der Waals surface area contributed by atoms with Gasteiger partial charge in [-0.25, -0.2) is 0 Å². The van der Waals surface area contributed by atoms with E-state index >= 15 is 0 Å². The van der Waals surface area contributed by atoms with Crippen molar-refractivity contribution >= 4 is 17.7 Å². The molecule has 0 spiro atoms. The summed E-state index contributed by atoms with van der Waals surface area (Å²) in [5, 5.41) is 12.8. The first-order chi connectivity index (χ1) is 8.19. The largest absolute Gasteiger partial charge is 0.394 e. The topological polar surface area (TPSA) is 47.9 Å². The van der Waals surface area contributed by atoms with Crippen LogP contribution < -0.4 is 5.32 Å². The van der Waals surface area contributed by atoms with Crippen LogP contribution in [-0.4, -0.2) is 59.8 Å². The van der Waals surface area contributed by atoms with Crippen LogP contribution in [0, 0.1) is 5.92 Å². The second-order valence-electron chi connectivity index (χ2n) is 4.56. The first-order valence-electron chi connectivity index (χ1n) is 6.44. The van der Waals surface area contributed by atoms with Crippen molar-refractivity contribution in [1.82, 2.24) is 10.2 Å². The number of nitrogens with one attached hydrogen (secondary N) is 1. The normalized spacial score (nSPS) is 22.1. The van der Waals surface area contributed by atoms with E-state index in [1.54, 1.807) is 0 Å². The molecule has 2 N–H and O–H groups in total. The Morgan fingerprint density at radius 1 is 1.59 bits per heavy atom. The van der Waals surface area contributed by atoms with Crippen LogP contribution >= 0.6 is 11.8 Å². The SMILES string of the molecule is CCNC(=NCCO)N1CCSC(C(C)C)C1. The van der Waals surface area contributed by atoms with Crippen LogP contribution in [-0.2, 0) is 0 Å². The summed E-state index contributed by atoms with van der Waals surface area (Å²) in [6, 6.07) is 0. The van der Waals surface area contributed by atoms with Crippen LogP contribution in [0.4, 0.5) is 0 Å². The lowest BCUT2D eigenvalue weighted by Gasteiger charge is -2.36. The Labute approximate surface area is 109 Å². The van der Waals surface area contributed by atoms with Gasteiger partial charge in [0.15, 0.2) is 5.96 Å². The molecular weight excluding hydrogens is 234 g/mol. The first kappa shape index (κ1) is 14.6. The molecule has 1 aliphatic rings. The molecule has 1 atom stereocenters. The third-order valence-electron chi connectivity index (χ3n) is 2.83. The highest BCUT2D eigenvalue weighted by Crippen LogP contribution is 2.24. The molecule has 4 nitrogen and oxygen atoms in total. The minimum atomic E-state index is 0.116. The van der Waals surface area contributed by atoms with Gasteiger partial charge in [-0.05, 0) is 12.8 Å². The number of nitrogens with zero attached hydrogens (tertiary/aromatic N) is 2. The van der Waals surface area contributed by atoms with Gasteiger partial charge in [0.1, 0.15) is 0 Å². The van der Waals surface area contributed by atoms with Gasteiger partial charge >= 0.3 is 0 Å². The third kappa shape index (κ3) is 4.76. The molecule has 0 aromatic rings. The molecule has 1 saturated heterocycles. The zero-order valence-electron chi connectivity index (χ0n) is 11.1. The van der Waals surface area contributed by atoms with Gasteiger partial charge in [0.05, 0.1) is 13.2 Å². The fourth-order valence-corrected chi connectivity index (χ4v) is 3.15. The smallest absolute Gasteiger partial charge is 0.194 e. The van der Waals surface area contributed by atoms with Crippen molar-refractivity contribution in [2.24, 2.45) is 10.9 Å². The fourth-order valence-electron chi connectivity index (χ4n) is 1.85.